The Morgan fingerprint density at radius 1 is 1.47 bits per heavy atom. The zero-order chi connectivity index (χ0) is 13.0. The quantitative estimate of drug-likeness (QED) is 0.658. The standard InChI is InChI=1S/C10H8Cl2FNO3/c11-5-1-2-6(12)9(13)8(5)7(3-4-15)14-10(16)17/h1-2,4,7,14H,3H2,(H,16,17). The van der Waals surface area contributed by atoms with Gasteiger partial charge in [-0.1, -0.05) is 23.2 Å². The Hall–Kier alpha value is -1.33. The molecule has 0 aliphatic carbocycles. The van der Waals surface area contributed by atoms with Gasteiger partial charge in [-0.05, 0) is 12.1 Å². The Balaban J connectivity index is 3.21. The first-order valence-corrected chi connectivity index (χ1v) is 5.29. The van der Waals surface area contributed by atoms with E-state index >= 15 is 0 Å². The highest BCUT2D eigenvalue weighted by Crippen LogP contribution is 2.31. The van der Waals surface area contributed by atoms with Gasteiger partial charge in [-0.25, -0.2) is 9.18 Å². The molecule has 4 nitrogen and oxygen atoms in total. The van der Waals surface area contributed by atoms with Gasteiger partial charge in [-0.2, -0.15) is 0 Å². The molecule has 1 aromatic carbocycles. The van der Waals surface area contributed by atoms with Crippen LogP contribution in [0, 0.1) is 5.82 Å². The minimum atomic E-state index is -1.38. The Morgan fingerprint density at radius 2 is 2.06 bits per heavy atom. The second kappa shape index (κ2) is 5.84. The number of carbonyl (C=O) groups is 2. The van der Waals surface area contributed by atoms with Gasteiger partial charge in [0.05, 0.1) is 11.1 Å². The van der Waals surface area contributed by atoms with E-state index in [1.807, 2.05) is 5.32 Å². The summed E-state index contributed by atoms with van der Waals surface area (Å²) in [5.74, 6) is -0.834. The lowest BCUT2D eigenvalue weighted by molar-refractivity contribution is -0.108. The lowest BCUT2D eigenvalue weighted by Crippen LogP contribution is -2.28. The number of carbonyl (C=O) groups excluding carboxylic acids is 1. The first-order valence-electron chi connectivity index (χ1n) is 4.53. The van der Waals surface area contributed by atoms with Crippen molar-refractivity contribution in [3.05, 3.63) is 33.6 Å². The van der Waals surface area contributed by atoms with Gasteiger partial charge in [-0.15, -0.1) is 0 Å². The van der Waals surface area contributed by atoms with Gasteiger partial charge >= 0.3 is 6.09 Å². The first kappa shape index (κ1) is 13.7. The van der Waals surface area contributed by atoms with E-state index in [4.69, 9.17) is 28.3 Å². The molecule has 1 atom stereocenters. The summed E-state index contributed by atoms with van der Waals surface area (Å²) in [6, 6.07) is 1.53. The minimum Gasteiger partial charge on any atom is -0.465 e. The molecule has 2 N–H and O–H groups in total. The van der Waals surface area contributed by atoms with E-state index in [2.05, 4.69) is 0 Å². The van der Waals surface area contributed by atoms with E-state index < -0.39 is 18.0 Å². The molecule has 1 unspecified atom stereocenters. The number of rotatable bonds is 4. The molecule has 0 aromatic heterocycles. The number of halogens is 3. The van der Waals surface area contributed by atoms with Crippen LogP contribution in [0.4, 0.5) is 9.18 Å². The molecular formula is C10H8Cl2FNO3. The van der Waals surface area contributed by atoms with Gasteiger partial charge < -0.3 is 15.2 Å². The molecule has 92 valence electrons. The average Bonchev–Trinajstić information content (AvgIpc) is 2.23. The van der Waals surface area contributed by atoms with Crippen molar-refractivity contribution in [2.24, 2.45) is 0 Å². The number of benzene rings is 1. The fourth-order valence-electron chi connectivity index (χ4n) is 1.36. The zero-order valence-electron chi connectivity index (χ0n) is 8.41. The molecular weight excluding hydrogens is 272 g/mol. The van der Waals surface area contributed by atoms with Crippen molar-refractivity contribution in [3.63, 3.8) is 0 Å². The lowest BCUT2D eigenvalue weighted by Gasteiger charge is -2.17. The zero-order valence-corrected chi connectivity index (χ0v) is 9.93. The summed E-state index contributed by atoms with van der Waals surface area (Å²) in [4.78, 5) is 21.0. The maximum atomic E-state index is 13.7. The maximum Gasteiger partial charge on any atom is 0.405 e. The van der Waals surface area contributed by atoms with Crippen LogP contribution in [0.3, 0.4) is 0 Å². The Labute approximate surface area is 106 Å². The molecule has 0 bridgehead atoms. The van der Waals surface area contributed by atoms with E-state index in [9.17, 15) is 14.0 Å². The summed E-state index contributed by atoms with van der Waals surface area (Å²) in [6.07, 6.45) is -1.15. The molecule has 0 radical (unpaired) electrons. The van der Waals surface area contributed by atoms with E-state index in [0.29, 0.717) is 6.29 Å². The Morgan fingerprint density at radius 3 is 2.59 bits per heavy atom. The fourth-order valence-corrected chi connectivity index (χ4v) is 1.80. The van der Waals surface area contributed by atoms with Crippen LogP contribution in [0.25, 0.3) is 0 Å². The van der Waals surface area contributed by atoms with Gasteiger partial charge in [0, 0.05) is 17.0 Å². The molecule has 17 heavy (non-hydrogen) atoms. The second-order valence-corrected chi connectivity index (χ2v) is 3.98. The van der Waals surface area contributed by atoms with Gasteiger partial charge in [0.25, 0.3) is 0 Å². The molecule has 0 saturated carbocycles. The van der Waals surface area contributed by atoms with Crippen molar-refractivity contribution < 1.29 is 19.1 Å². The largest absolute Gasteiger partial charge is 0.465 e. The molecule has 0 aliphatic rings. The molecule has 1 rings (SSSR count). The number of nitrogens with one attached hydrogen (secondary N) is 1. The van der Waals surface area contributed by atoms with E-state index in [1.165, 1.54) is 12.1 Å². The summed E-state index contributed by atoms with van der Waals surface area (Å²) in [5, 5.41) is 10.4. The van der Waals surface area contributed by atoms with Gasteiger partial charge in [-0.3, -0.25) is 0 Å². The van der Waals surface area contributed by atoms with Crippen LogP contribution in [-0.4, -0.2) is 17.5 Å². The third-order valence-electron chi connectivity index (χ3n) is 2.06. The monoisotopic (exact) mass is 279 g/mol. The number of aldehydes is 1. The molecule has 0 fully saturated rings. The summed E-state index contributed by atoms with van der Waals surface area (Å²) >= 11 is 11.3. The van der Waals surface area contributed by atoms with Crippen molar-refractivity contribution >= 4 is 35.6 Å². The summed E-state index contributed by atoms with van der Waals surface area (Å²) in [6.45, 7) is 0. The van der Waals surface area contributed by atoms with Crippen LogP contribution in [0.1, 0.15) is 18.0 Å². The molecule has 0 spiro atoms. The van der Waals surface area contributed by atoms with Crippen molar-refractivity contribution in [2.45, 2.75) is 12.5 Å². The van der Waals surface area contributed by atoms with Crippen molar-refractivity contribution in [1.82, 2.24) is 5.32 Å². The highest BCUT2D eigenvalue weighted by molar-refractivity contribution is 6.33. The molecule has 1 aromatic rings. The highest BCUT2D eigenvalue weighted by Gasteiger charge is 2.22. The molecule has 0 aliphatic heterocycles. The van der Waals surface area contributed by atoms with Crippen LogP contribution in [0.2, 0.25) is 10.0 Å². The minimum absolute atomic E-state index is 0.00694. The number of hydrogen-bond donors (Lipinski definition) is 2. The van der Waals surface area contributed by atoms with Crippen molar-refractivity contribution in [3.8, 4) is 0 Å². The SMILES string of the molecule is O=CCC(NC(=O)O)c1c(Cl)ccc(Cl)c1F. The van der Waals surface area contributed by atoms with E-state index in [1.54, 1.807) is 0 Å². The number of carboxylic acid groups (broad SMARTS) is 1. The predicted octanol–water partition coefficient (Wildman–Crippen LogP) is 3.03. The van der Waals surface area contributed by atoms with Crippen LogP contribution in [0.5, 0.6) is 0 Å². The third kappa shape index (κ3) is 3.31. The predicted molar refractivity (Wildman–Crippen MR) is 61.0 cm³/mol. The summed E-state index contributed by atoms with van der Waals surface area (Å²) in [5.41, 5.74) is -0.131. The van der Waals surface area contributed by atoms with Crippen molar-refractivity contribution in [2.75, 3.05) is 0 Å². The van der Waals surface area contributed by atoms with E-state index in [-0.39, 0.29) is 22.0 Å². The van der Waals surface area contributed by atoms with Gasteiger partial charge in [0.2, 0.25) is 0 Å². The van der Waals surface area contributed by atoms with Crippen LogP contribution >= 0.6 is 23.2 Å². The topological polar surface area (TPSA) is 66.4 Å². The first-order chi connectivity index (χ1) is 7.97. The van der Waals surface area contributed by atoms with E-state index in [0.717, 1.165) is 0 Å². The van der Waals surface area contributed by atoms with Crippen molar-refractivity contribution in [1.29, 1.82) is 0 Å². The molecule has 0 saturated heterocycles. The average molecular weight is 280 g/mol. The Kier molecular flexibility index (Phi) is 4.72. The van der Waals surface area contributed by atoms with Crippen LogP contribution in [0.15, 0.2) is 12.1 Å². The Bertz CT molecular complexity index is 453. The number of hydrogen-bond acceptors (Lipinski definition) is 2. The lowest BCUT2D eigenvalue weighted by atomic mass is 10.0. The van der Waals surface area contributed by atoms with Gasteiger partial charge in [0.15, 0.2) is 0 Å². The summed E-state index contributed by atoms with van der Waals surface area (Å²) < 4.78 is 13.7. The third-order valence-corrected chi connectivity index (χ3v) is 2.68. The molecule has 1 amide bonds. The molecule has 0 heterocycles. The fraction of sp³-hybridized carbons (Fsp3) is 0.200. The highest BCUT2D eigenvalue weighted by atomic mass is 35.5. The normalized spacial score (nSPS) is 11.9. The number of amides is 1. The maximum absolute atomic E-state index is 13.7. The van der Waals surface area contributed by atoms with Crippen LogP contribution in [-0.2, 0) is 4.79 Å². The van der Waals surface area contributed by atoms with Crippen LogP contribution < -0.4 is 5.32 Å². The summed E-state index contributed by atoms with van der Waals surface area (Å²) in [7, 11) is 0. The second-order valence-electron chi connectivity index (χ2n) is 3.16. The van der Waals surface area contributed by atoms with Gasteiger partial charge in [0.1, 0.15) is 12.1 Å². The molecule has 7 heteroatoms. The smallest absolute Gasteiger partial charge is 0.405 e.